The number of rotatable bonds is 6. The highest BCUT2D eigenvalue weighted by Crippen LogP contribution is 2.31. The van der Waals surface area contributed by atoms with Crippen molar-refractivity contribution in [3.63, 3.8) is 0 Å². The second-order valence-corrected chi connectivity index (χ2v) is 7.13. The van der Waals surface area contributed by atoms with Crippen LogP contribution in [0.2, 0.25) is 0 Å². The van der Waals surface area contributed by atoms with Crippen LogP contribution < -0.4 is 10.1 Å². The third kappa shape index (κ3) is 5.45. The SMILES string of the molecule is CC(C)Cc1ncccc1OC[C@@H]1CNCC[C@H]1c1ccccc1.Cl. The Morgan fingerprint density at radius 3 is 2.72 bits per heavy atom. The number of ether oxygens (including phenoxy) is 1. The smallest absolute Gasteiger partial charge is 0.140 e. The van der Waals surface area contributed by atoms with Gasteiger partial charge in [-0.1, -0.05) is 44.2 Å². The topological polar surface area (TPSA) is 34.1 Å². The van der Waals surface area contributed by atoms with Gasteiger partial charge in [0.25, 0.3) is 0 Å². The molecule has 136 valence electrons. The number of pyridine rings is 1. The van der Waals surface area contributed by atoms with Crippen LogP contribution >= 0.6 is 12.4 Å². The van der Waals surface area contributed by atoms with Gasteiger partial charge in [-0.15, -0.1) is 12.4 Å². The van der Waals surface area contributed by atoms with Crippen molar-refractivity contribution in [2.24, 2.45) is 11.8 Å². The summed E-state index contributed by atoms with van der Waals surface area (Å²) in [5, 5.41) is 3.52. The molecule has 2 aromatic rings. The number of nitrogens with zero attached hydrogens (tertiary/aromatic N) is 1. The second-order valence-electron chi connectivity index (χ2n) is 7.13. The lowest BCUT2D eigenvalue weighted by atomic mass is 9.81. The predicted molar refractivity (Wildman–Crippen MR) is 106 cm³/mol. The molecule has 0 amide bonds. The van der Waals surface area contributed by atoms with Crippen LogP contribution in [0, 0.1) is 11.8 Å². The fraction of sp³-hybridized carbons (Fsp3) is 0.476. The van der Waals surface area contributed by atoms with Crippen molar-refractivity contribution < 1.29 is 4.74 Å². The molecular weight excluding hydrogens is 332 g/mol. The molecule has 3 rings (SSSR count). The maximum Gasteiger partial charge on any atom is 0.140 e. The molecule has 0 aliphatic carbocycles. The van der Waals surface area contributed by atoms with E-state index in [4.69, 9.17) is 4.74 Å². The van der Waals surface area contributed by atoms with E-state index in [0.717, 1.165) is 37.6 Å². The molecule has 25 heavy (non-hydrogen) atoms. The molecule has 1 aliphatic rings. The minimum Gasteiger partial charge on any atom is -0.491 e. The van der Waals surface area contributed by atoms with Gasteiger partial charge in [0.1, 0.15) is 5.75 Å². The highest BCUT2D eigenvalue weighted by Gasteiger charge is 2.27. The summed E-state index contributed by atoms with van der Waals surface area (Å²) in [6, 6.07) is 14.9. The Labute approximate surface area is 157 Å². The molecule has 2 heterocycles. The average molecular weight is 361 g/mol. The van der Waals surface area contributed by atoms with Crippen molar-refractivity contribution in [1.29, 1.82) is 0 Å². The van der Waals surface area contributed by atoms with Gasteiger partial charge >= 0.3 is 0 Å². The minimum absolute atomic E-state index is 0. The monoisotopic (exact) mass is 360 g/mol. The highest BCUT2D eigenvalue weighted by molar-refractivity contribution is 5.85. The molecule has 0 spiro atoms. The molecule has 1 saturated heterocycles. The van der Waals surface area contributed by atoms with Gasteiger partial charge < -0.3 is 10.1 Å². The van der Waals surface area contributed by atoms with E-state index >= 15 is 0 Å². The molecule has 1 aromatic heterocycles. The Hall–Kier alpha value is -1.58. The molecule has 0 radical (unpaired) electrons. The van der Waals surface area contributed by atoms with Gasteiger partial charge in [-0.25, -0.2) is 0 Å². The zero-order chi connectivity index (χ0) is 16.8. The summed E-state index contributed by atoms with van der Waals surface area (Å²) < 4.78 is 6.23. The lowest BCUT2D eigenvalue weighted by Gasteiger charge is -2.32. The van der Waals surface area contributed by atoms with Crippen LogP contribution in [0.3, 0.4) is 0 Å². The summed E-state index contributed by atoms with van der Waals surface area (Å²) >= 11 is 0. The van der Waals surface area contributed by atoms with E-state index in [-0.39, 0.29) is 12.4 Å². The van der Waals surface area contributed by atoms with Crippen LogP contribution in [0.25, 0.3) is 0 Å². The first-order valence-electron chi connectivity index (χ1n) is 9.06. The Bertz CT molecular complexity index is 633. The summed E-state index contributed by atoms with van der Waals surface area (Å²) in [4.78, 5) is 4.52. The molecule has 3 nitrogen and oxygen atoms in total. The zero-order valence-electron chi connectivity index (χ0n) is 15.2. The molecule has 1 fully saturated rings. The zero-order valence-corrected chi connectivity index (χ0v) is 16.0. The van der Waals surface area contributed by atoms with E-state index in [0.29, 0.717) is 17.8 Å². The van der Waals surface area contributed by atoms with E-state index < -0.39 is 0 Å². The largest absolute Gasteiger partial charge is 0.491 e. The van der Waals surface area contributed by atoms with E-state index in [9.17, 15) is 0 Å². The van der Waals surface area contributed by atoms with E-state index in [1.807, 2.05) is 12.3 Å². The first-order chi connectivity index (χ1) is 11.7. The fourth-order valence-electron chi connectivity index (χ4n) is 3.53. The number of aromatic nitrogens is 1. The van der Waals surface area contributed by atoms with Crippen molar-refractivity contribution in [3.8, 4) is 5.75 Å². The maximum absolute atomic E-state index is 6.23. The highest BCUT2D eigenvalue weighted by atomic mass is 35.5. The molecule has 1 aliphatic heterocycles. The van der Waals surface area contributed by atoms with Crippen molar-refractivity contribution in [2.45, 2.75) is 32.6 Å². The number of halogens is 1. The molecule has 1 aromatic carbocycles. The molecule has 2 atom stereocenters. The number of piperidine rings is 1. The number of benzene rings is 1. The Balaban J connectivity index is 0.00000225. The van der Waals surface area contributed by atoms with Crippen molar-refractivity contribution in [3.05, 3.63) is 59.9 Å². The van der Waals surface area contributed by atoms with E-state index in [2.05, 4.69) is 60.5 Å². The van der Waals surface area contributed by atoms with E-state index in [1.54, 1.807) is 0 Å². The van der Waals surface area contributed by atoms with Crippen LogP contribution in [0.5, 0.6) is 5.75 Å². The van der Waals surface area contributed by atoms with E-state index in [1.165, 1.54) is 12.0 Å². The molecule has 4 heteroatoms. The van der Waals surface area contributed by atoms with Gasteiger partial charge in [0, 0.05) is 18.7 Å². The Morgan fingerprint density at radius 2 is 1.96 bits per heavy atom. The standard InChI is InChI=1S/C21H28N2O.ClH/c1-16(2)13-20-21(9-6-11-23-20)24-15-18-14-22-12-10-19(18)17-7-4-3-5-8-17;/h3-9,11,16,18-19,22H,10,12-15H2,1-2H3;1H/t18-,19-;/m0./s1. The Morgan fingerprint density at radius 1 is 1.16 bits per heavy atom. The van der Waals surface area contributed by atoms with Gasteiger partial charge in [0.15, 0.2) is 0 Å². The van der Waals surface area contributed by atoms with Crippen LogP contribution in [-0.2, 0) is 6.42 Å². The van der Waals surface area contributed by atoms with Gasteiger partial charge in [-0.3, -0.25) is 4.98 Å². The average Bonchev–Trinajstić information content (AvgIpc) is 2.61. The van der Waals surface area contributed by atoms with Crippen LogP contribution in [0.15, 0.2) is 48.7 Å². The molecule has 1 N–H and O–H groups in total. The third-order valence-corrected chi connectivity index (χ3v) is 4.74. The van der Waals surface area contributed by atoms with Gasteiger partial charge in [0.2, 0.25) is 0 Å². The Kier molecular flexibility index (Phi) is 7.73. The second kappa shape index (κ2) is 9.79. The van der Waals surface area contributed by atoms with Crippen molar-refractivity contribution >= 4 is 12.4 Å². The molecule has 0 saturated carbocycles. The predicted octanol–water partition coefficient (Wildman–Crippen LogP) is 4.47. The summed E-state index contributed by atoms with van der Waals surface area (Å²) in [7, 11) is 0. The lowest BCUT2D eigenvalue weighted by molar-refractivity contribution is 0.194. The third-order valence-electron chi connectivity index (χ3n) is 4.74. The van der Waals surface area contributed by atoms with Crippen molar-refractivity contribution in [2.75, 3.05) is 19.7 Å². The summed E-state index contributed by atoms with van der Waals surface area (Å²) in [6.45, 7) is 7.27. The van der Waals surface area contributed by atoms with Crippen molar-refractivity contribution in [1.82, 2.24) is 10.3 Å². The fourth-order valence-corrected chi connectivity index (χ4v) is 3.53. The number of nitrogens with one attached hydrogen (secondary N) is 1. The summed E-state index contributed by atoms with van der Waals surface area (Å²) in [6.07, 6.45) is 3.99. The van der Waals surface area contributed by atoms with Crippen LogP contribution in [0.4, 0.5) is 0 Å². The lowest BCUT2D eigenvalue weighted by Crippen LogP contribution is -2.38. The number of hydrogen-bond donors (Lipinski definition) is 1. The normalized spacial score (nSPS) is 20.1. The quantitative estimate of drug-likeness (QED) is 0.825. The maximum atomic E-state index is 6.23. The summed E-state index contributed by atoms with van der Waals surface area (Å²) in [5.41, 5.74) is 2.51. The summed E-state index contributed by atoms with van der Waals surface area (Å²) in [5.74, 6) is 2.59. The molecule has 0 unspecified atom stereocenters. The first-order valence-corrected chi connectivity index (χ1v) is 9.06. The van der Waals surface area contributed by atoms with Gasteiger partial charge in [-0.05, 0) is 48.9 Å². The minimum atomic E-state index is 0. The molecule has 0 bridgehead atoms. The van der Waals surface area contributed by atoms with Crippen LogP contribution in [-0.4, -0.2) is 24.7 Å². The van der Waals surface area contributed by atoms with Crippen LogP contribution in [0.1, 0.15) is 37.4 Å². The number of hydrogen-bond acceptors (Lipinski definition) is 3. The van der Waals surface area contributed by atoms with Gasteiger partial charge in [-0.2, -0.15) is 0 Å². The molecular formula is C21H29ClN2O. The first kappa shape index (κ1) is 19.7. The van der Waals surface area contributed by atoms with Gasteiger partial charge in [0.05, 0.1) is 12.3 Å².